The Morgan fingerprint density at radius 1 is 0.962 bits per heavy atom. The van der Waals surface area contributed by atoms with Crippen LogP contribution in [0.1, 0.15) is 96.8 Å². The van der Waals surface area contributed by atoms with Crippen molar-refractivity contribution in [2.75, 3.05) is 0 Å². The van der Waals surface area contributed by atoms with Crippen molar-refractivity contribution in [2.24, 2.45) is 17.4 Å². The maximum Gasteiger partial charge on any atom is 0.337 e. The Kier molecular flexibility index (Phi) is 9.58. The average Bonchev–Trinajstić information content (AvgIpc) is 2.58. The zero-order valence-corrected chi connectivity index (χ0v) is 16.3. The third kappa shape index (κ3) is 5.43. The molecule has 1 fully saturated rings. The van der Waals surface area contributed by atoms with E-state index in [1.54, 1.807) is 0 Å². The molecule has 6 N–H and O–H groups in total. The lowest BCUT2D eigenvalue weighted by Gasteiger charge is -2.46. The molecule has 1 aliphatic carbocycles. The van der Waals surface area contributed by atoms with Crippen LogP contribution in [0.4, 0.5) is 0 Å². The van der Waals surface area contributed by atoms with E-state index in [4.69, 9.17) is 11.5 Å². The van der Waals surface area contributed by atoms with Crippen molar-refractivity contribution in [3.8, 4) is 0 Å². The van der Waals surface area contributed by atoms with Gasteiger partial charge in [0.05, 0.1) is 5.54 Å². The van der Waals surface area contributed by atoms with E-state index in [0.29, 0.717) is 6.42 Å². The van der Waals surface area contributed by atoms with E-state index in [2.05, 4.69) is 6.92 Å². The molecule has 0 heterocycles. The Morgan fingerprint density at radius 3 is 2.08 bits per heavy atom. The number of unbranched alkanes of at least 4 members (excludes halogenated alkanes) is 6. The van der Waals surface area contributed by atoms with Crippen molar-refractivity contribution >= 4 is 11.9 Å². The van der Waals surface area contributed by atoms with Crippen molar-refractivity contribution in [3.05, 3.63) is 0 Å². The second-order valence-corrected chi connectivity index (χ2v) is 8.02. The minimum Gasteiger partial charge on any atom is -0.479 e. The number of carboxylic acids is 2. The van der Waals surface area contributed by atoms with Crippen molar-refractivity contribution in [1.82, 2.24) is 0 Å². The molecular formula is C20H38N2O4. The van der Waals surface area contributed by atoms with Gasteiger partial charge in [0.2, 0.25) is 5.54 Å². The zero-order chi connectivity index (χ0) is 19.6. The largest absolute Gasteiger partial charge is 0.479 e. The second kappa shape index (κ2) is 10.9. The molecule has 0 bridgehead atoms. The van der Waals surface area contributed by atoms with E-state index >= 15 is 0 Å². The standard InChI is InChI=1S/C20H38N2O4/c1-2-3-4-5-6-7-10-13-16-14-11-8-9-12-15-19(16,21)20(22,17(23)24)18(25)26/h16H,2-15,21-22H2,1H3,(H,23,24)(H,25,26). The van der Waals surface area contributed by atoms with Crippen LogP contribution in [0.3, 0.4) is 0 Å². The molecule has 0 saturated heterocycles. The average molecular weight is 371 g/mol. The number of carboxylic acid groups (broad SMARTS) is 2. The molecule has 2 unspecified atom stereocenters. The maximum atomic E-state index is 11.8. The molecule has 6 heteroatoms. The number of aliphatic carboxylic acids is 2. The first kappa shape index (κ1) is 22.9. The van der Waals surface area contributed by atoms with E-state index in [1.807, 2.05) is 0 Å². The molecule has 152 valence electrons. The van der Waals surface area contributed by atoms with Gasteiger partial charge in [0, 0.05) is 0 Å². The number of carbonyl (C=O) groups is 2. The van der Waals surface area contributed by atoms with Crippen LogP contribution in [0.2, 0.25) is 0 Å². The van der Waals surface area contributed by atoms with Gasteiger partial charge in [-0.15, -0.1) is 0 Å². The van der Waals surface area contributed by atoms with Gasteiger partial charge < -0.3 is 21.7 Å². The van der Waals surface area contributed by atoms with Crippen LogP contribution >= 0.6 is 0 Å². The van der Waals surface area contributed by atoms with Gasteiger partial charge in [-0.1, -0.05) is 77.6 Å². The fourth-order valence-electron chi connectivity index (χ4n) is 4.38. The molecule has 1 rings (SSSR count). The van der Waals surface area contributed by atoms with Gasteiger partial charge in [0.25, 0.3) is 0 Å². The highest BCUT2D eigenvalue weighted by atomic mass is 16.4. The summed E-state index contributed by atoms with van der Waals surface area (Å²) in [6.07, 6.45) is 13.7. The Balaban J connectivity index is 2.81. The van der Waals surface area contributed by atoms with Crippen LogP contribution in [-0.2, 0) is 9.59 Å². The van der Waals surface area contributed by atoms with Gasteiger partial charge in [-0.2, -0.15) is 0 Å². The first-order valence-electron chi connectivity index (χ1n) is 10.3. The van der Waals surface area contributed by atoms with Crippen molar-refractivity contribution < 1.29 is 19.8 Å². The molecular weight excluding hydrogens is 332 g/mol. The predicted octanol–water partition coefficient (Wildman–Crippen LogP) is 3.66. The van der Waals surface area contributed by atoms with Crippen molar-refractivity contribution in [1.29, 1.82) is 0 Å². The van der Waals surface area contributed by atoms with Crippen LogP contribution in [-0.4, -0.2) is 33.2 Å². The molecule has 0 aromatic heterocycles. The smallest absolute Gasteiger partial charge is 0.337 e. The van der Waals surface area contributed by atoms with Crippen molar-refractivity contribution in [3.63, 3.8) is 0 Å². The second-order valence-electron chi connectivity index (χ2n) is 8.02. The Morgan fingerprint density at radius 2 is 1.50 bits per heavy atom. The van der Waals surface area contributed by atoms with Crippen LogP contribution in [0.15, 0.2) is 0 Å². The van der Waals surface area contributed by atoms with E-state index in [0.717, 1.165) is 57.8 Å². The summed E-state index contributed by atoms with van der Waals surface area (Å²) in [5, 5.41) is 19.2. The molecule has 1 aliphatic rings. The van der Waals surface area contributed by atoms with Gasteiger partial charge in [0.1, 0.15) is 0 Å². The molecule has 1 saturated carbocycles. The van der Waals surface area contributed by atoms with E-state index in [9.17, 15) is 19.8 Å². The Labute approximate surface area is 157 Å². The summed E-state index contributed by atoms with van der Waals surface area (Å²) in [4.78, 5) is 23.6. The molecule has 2 atom stereocenters. The molecule has 26 heavy (non-hydrogen) atoms. The molecule has 0 aliphatic heterocycles. The summed E-state index contributed by atoms with van der Waals surface area (Å²) >= 11 is 0. The SMILES string of the molecule is CCCCCCCCCC1CCCCCCC1(N)C(N)(C(=O)O)C(=O)O. The minimum absolute atomic E-state index is 0.171. The lowest BCUT2D eigenvalue weighted by atomic mass is 9.63. The molecule has 0 spiro atoms. The first-order valence-corrected chi connectivity index (χ1v) is 10.3. The molecule has 0 aromatic rings. The van der Waals surface area contributed by atoms with E-state index < -0.39 is 23.0 Å². The number of nitrogens with two attached hydrogens (primary N) is 2. The van der Waals surface area contributed by atoms with Crippen LogP contribution < -0.4 is 11.5 Å². The first-order chi connectivity index (χ1) is 12.3. The Bertz CT molecular complexity index is 441. The minimum atomic E-state index is -2.43. The van der Waals surface area contributed by atoms with E-state index in [1.165, 1.54) is 25.7 Å². The van der Waals surface area contributed by atoms with E-state index in [-0.39, 0.29) is 5.92 Å². The van der Waals surface area contributed by atoms with Crippen LogP contribution in [0.25, 0.3) is 0 Å². The lowest BCUT2D eigenvalue weighted by molar-refractivity contribution is -0.163. The summed E-state index contributed by atoms with van der Waals surface area (Å²) in [7, 11) is 0. The molecule has 6 nitrogen and oxygen atoms in total. The highest BCUT2D eigenvalue weighted by Crippen LogP contribution is 2.39. The molecule has 0 radical (unpaired) electrons. The normalized spacial score (nSPS) is 24.7. The summed E-state index contributed by atoms with van der Waals surface area (Å²) in [6.45, 7) is 2.19. The maximum absolute atomic E-state index is 11.8. The summed E-state index contributed by atoms with van der Waals surface area (Å²) in [5.41, 5.74) is 8.67. The van der Waals surface area contributed by atoms with Gasteiger partial charge in [-0.3, -0.25) is 0 Å². The Hall–Kier alpha value is -1.14. The topological polar surface area (TPSA) is 127 Å². The summed E-state index contributed by atoms with van der Waals surface area (Å²) < 4.78 is 0. The van der Waals surface area contributed by atoms with Gasteiger partial charge in [-0.05, 0) is 25.2 Å². The van der Waals surface area contributed by atoms with Crippen LogP contribution in [0.5, 0.6) is 0 Å². The number of rotatable bonds is 11. The fraction of sp³-hybridized carbons (Fsp3) is 0.900. The van der Waals surface area contributed by atoms with Gasteiger partial charge in [0.15, 0.2) is 0 Å². The predicted molar refractivity (Wildman–Crippen MR) is 103 cm³/mol. The zero-order valence-electron chi connectivity index (χ0n) is 16.3. The third-order valence-electron chi connectivity index (χ3n) is 6.19. The van der Waals surface area contributed by atoms with Crippen molar-refractivity contribution in [2.45, 2.75) is 108 Å². The monoisotopic (exact) mass is 370 g/mol. The highest BCUT2D eigenvalue weighted by Gasteiger charge is 2.60. The summed E-state index contributed by atoms with van der Waals surface area (Å²) in [6, 6.07) is 0. The number of hydrogen-bond acceptors (Lipinski definition) is 4. The highest BCUT2D eigenvalue weighted by molar-refractivity contribution is 6.05. The fourth-order valence-corrected chi connectivity index (χ4v) is 4.38. The summed E-state index contributed by atoms with van der Waals surface area (Å²) in [5.74, 6) is -3.23. The molecule has 0 aromatic carbocycles. The quantitative estimate of drug-likeness (QED) is 0.325. The molecule has 0 amide bonds. The lowest BCUT2D eigenvalue weighted by Crippen LogP contribution is -2.76. The van der Waals surface area contributed by atoms with Gasteiger partial charge >= 0.3 is 11.9 Å². The third-order valence-corrected chi connectivity index (χ3v) is 6.19. The van der Waals surface area contributed by atoms with Crippen LogP contribution in [0, 0.1) is 5.92 Å². The number of hydrogen-bond donors (Lipinski definition) is 4. The van der Waals surface area contributed by atoms with Gasteiger partial charge in [-0.25, -0.2) is 9.59 Å².